The maximum atomic E-state index is 13.2. The number of anilines is 1. The lowest BCUT2D eigenvalue weighted by Crippen LogP contribution is -2.51. The van der Waals surface area contributed by atoms with E-state index in [4.69, 9.17) is 9.47 Å². The molecule has 0 saturated carbocycles. The van der Waals surface area contributed by atoms with Crippen molar-refractivity contribution in [3.05, 3.63) is 53.6 Å². The second-order valence-corrected chi connectivity index (χ2v) is 7.17. The number of rotatable bonds is 6. The van der Waals surface area contributed by atoms with Crippen LogP contribution in [0.15, 0.2) is 42.5 Å². The Hall–Kier alpha value is -3.02. The molecule has 1 aliphatic heterocycles. The SMILES string of the molecule is COc1cc(OC)cc(C(=O)N[C@@H](C(=O)N2CCc3ccccc32)C(C)C)c1. The van der Waals surface area contributed by atoms with E-state index in [1.807, 2.05) is 38.1 Å². The molecule has 0 saturated heterocycles. The third kappa shape index (κ3) is 3.96. The van der Waals surface area contributed by atoms with Crippen LogP contribution in [0.2, 0.25) is 0 Å². The van der Waals surface area contributed by atoms with Crippen molar-refractivity contribution in [3.63, 3.8) is 0 Å². The van der Waals surface area contributed by atoms with Crippen LogP contribution in [0.4, 0.5) is 5.69 Å². The maximum absolute atomic E-state index is 13.2. The second-order valence-electron chi connectivity index (χ2n) is 7.17. The monoisotopic (exact) mass is 382 g/mol. The zero-order valence-corrected chi connectivity index (χ0v) is 16.7. The predicted octanol–water partition coefficient (Wildman–Crippen LogP) is 3.05. The molecule has 1 N–H and O–H groups in total. The molecular formula is C22H26N2O4. The van der Waals surface area contributed by atoms with Crippen LogP contribution >= 0.6 is 0 Å². The third-order valence-corrected chi connectivity index (χ3v) is 4.99. The van der Waals surface area contributed by atoms with Gasteiger partial charge in [0.2, 0.25) is 5.91 Å². The minimum atomic E-state index is -0.629. The number of benzene rings is 2. The quantitative estimate of drug-likeness (QED) is 0.834. The first kappa shape index (κ1) is 19.7. The van der Waals surface area contributed by atoms with Gasteiger partial charge in [-0.25, -0.2) is 0 Å². The standard InChI is InChI=1S/C22H26N2O4/c1-14(2)20(22(26)24-10-9-15-7-5-6-8-19(15)24)23-21(25)16-11-17(27-3)13-18(12-16)28-4/h5-8,11-14,20H,9-10H2,1-4H3,(H,23,25)/t20-/m1/s1. The number of methoxy groups -OCH3 is 2. The average molecular weight is 382 g/mol. The molecule has 0 bridgehead atoms. The number of fused-ring (bicyclic) bond motifs is 1. The largest absolute Gasteiger partial charge is 0.497 e. The van der Waals surface area contributed by atoms with Crippen molar-refractivity contribution in [2.75, 3.05) is 25.7 Å². The van der Waals surface area contributed by atoms with Gasteiger partial charge in [-0.3, -0.25) is 9.59 Å². The predicted molar refractivity (Wildman–Crippen MR) is 108 cm³/mol. The van der Waals surface area contributed by atoms with E-state index in [0.717, 1.165) is 17.7 Å². The fourth-order valence-electron chi connectivity index (χ4n) is 3.41. The van der Waals surface area contributed by atoms with Crippen molar-refractivity contribution in [2.45, 2.75) is 26.3 Å². The number of hydrogen-bond acceptors (Lipinski definition) is 4. The summed E-state index contributed by atoms with van der Waals surface area (Å²) in [6.07, 6.45) is 0.827. The van der Waals surface area contributed by atoms with Gasteiger partial charge in [-0.05, 0) is 36.1 Å². The molecule has 2 amide bonds. The summed E-state index contributed by atoms with van der Waals surface area (Å²) in [5, 5.41) is 2.90. The Labute approximate surface area is 165 Å². The van der Waals surface area contributed by atoms with E-state index in [2.05, 4.69) is 5.32 Å². The van der Waals surface area contributed by atoms with Crippen molar-refractivity contribution in [1.29, 1.82) is 0 Å². The molecular weight excluding hydrogens is 356 g/mol. The zero-order valence-electron chi connectivity index (χ0n) is 16.7. The Kier molecular flexibility index (Phi) is 5.87. The molecule has 1 heterocycles. The van der Waals surface area contributed by atoms with Gasteiger partial charge in [-0.15, -0.1) is 0 Å². The average Bonchev–Trinajstić information content (AvgIpc) is 3.14. The summed E-state index contributed by atoms with van der Waals surface area (Å²) >= 11 is 0. The highest BCUT2D eigenvalue weighted by Crippen LogP contribution is 2.29. The number of amides is 2. The van der Waals surface area contributed by atoms with Gasteiger partial charge in [0, 0.05) is 23.9 Å². The summed E-state index contributed by atoms with van der Waals surface area (Å²) in [5.41, 5.74) is 2.47. The molecule has 1 aliphatic rings. The lowest BCUT2D eigenvalue weighted by atomic mass is 10.0. The molecule has 2 aromatic rings. The molecule has 0 fully saturated rings. The summed E-state index contributed by atoms with van der Waals surface area (Å²) in [6, 6.07) is 12.2. The molecule has 148 valence electrons. The van der Waals surface area contributed by atoms with Gasteiger partial charge in [-0.1, -0.05) is 32.0 Å². The number of hydrogen-bond donors (Lipinski definition) is 1. The Morgan fingerprint density at radius 2 is 1.68 bits per heavy atom. The normalized spacial score (nSPS) is 13.8. The van der Waals surface area contributed by atoms with E-state index < -0.39 is 6.04 Å². The van der Waals surface area contributed by atoms with Crippen LogP contribution in [-0.4, -0.2) is 38.6 Å². The summed E-state index contributed by atoms with van der Waals surface area (Å²) in [4.78, 5) is 27.9. The Bertz CT molecular complexity index is 856. The van der Waals surface area contributed by atoms with Gasteiger partial charge in [0.05, 0.1) is 14.2 Å². The summed E-state index contributed by atoms with van der Waals surface area (Å²) in [5.74, 6) is 0.549. The van der Waals surface area contributed by atoms with Crippen LogP contribution in [0, 0.1) is 5.92 Å². The highest BCUT2D eigenvalue weighted by Gasteiger charge is 2.33. The zero-order chi connectivity index (χ0) is 20.3. The molecule has 0 radical (unpaired) electrons. The number of carbonyl (C=O) groups excluding carboxylic acids is 2. The van der Waals surface area contributed by atoms with Crippen LogP contribution in [0.1, 0.15) is 29.8 Å². The van der Waals surface area contributed by atoms with Gasteiger partial charge >= 0.3 is 0 Å². The first-order valence-corrected chi connectivity index (χ1v) is 9.37. The molecule has 0 aliphatic carbocycles. The molecule has 6 heteroatoms. The minimum absolute atomic E-state index is 0.0586. The number of nitrogens with zero attached hydrogens (tertiary/aromatic N) is 1. The number of ether oxygens (including phenoxy) is 2. The molecule has 6 nitrogen and oxygen atoms in total. The summed E-state index contributed by atoms with van der Waals surface area (Å²) in [6.45, 7) is 4.48. The minimum Gasteiger partial charge on any atom is -0.497 e. The van der Waals surface area contributed by atoms with Crippen LogP contribution in [0.25, 0.3) is 0 Å². The third-order valence-electron chi connectivity index (χ3n) is 4.99. The Morgan fingerprint density at radius 1 is 1.04 bits per heavy atom. The van der Waals surface area contributed by atoms with Crippen LogP contribution in [0.5, 0.6) is 11.5 Å². The highest BCUT2D eigenvalue weighted by atomic mass is 16.5. The Morgan fingerprint density at radius 3 is 2.29 bits per heavy atom. The first-order valence-electron chi connectivity index (χ1n) is 9.37. The van der Waals surface area contributed by atoms with E-state index >= 15 is 0 Å². The fraction of sp³-hybridized carbons (Fsp3) is 0.364. The Balaban J connectivity index is 1.82. The van der Waals surface area contributed by atoms with Crippen molar-refractivity contribution < 1.29 is 19.1 Å². The van der Waals surface area contributed by atoms with Gasteiger partial charge in [0.1, 0.15) is 17.5 Å². The lowest BCUT2D eigenvalue weighted by Gasteiger charge is -2.27. The molecule has 0 aromatic heterocycles. The summed E-state index contributed by atoms with van der Waals surface area (Å²) in [7, 11) is 3.06. The maximum Gasteiger partial charge on any atom is 0.252 e. The molecule has 0 unspecified atom stereocenters. The second kappa shape index (κ2) is 8.33. The van der Waals surface area contributed by atoms with Gasteiger partial charge in [0.25, 0.3) is 5.91 Å². The number of para-hydroxylation sites is 1. The molecule has 1 atom stereocenters. The van der Waals surface area contributed by atoms with Crippen molar-refractivity contribution in [2.24, 2.45) is 5.92 Å². The fourth-order valence-corrected chi connectivity index (χ4v) is 3.41. The summed E-state index contributed by atoms with van der Waals surface area (Å²) < 4.78 is 10.5. The van der Waals surface area contributed by atoms with Crippen LogP contribution in [-0.2, 0) is 11.2 Å². The highest BCUT2D eigenvalue weighted by molar-refractivity contribution is 6.03. The van der Waals surface area contributed by atoms with Crippen molar-refractivity contribution in [3.8, 4) is 11.5 Å². The van der Waals surface area contributed by atoms with Gasteiger partial charge in [-0.2, -0.15) is 0 Å². The molecule has 0 spiro atoms. The lowest BCUT2D eigenvalue weighted by molar-refractivity contribution is -0.121. The molecule has 3 rings (SSSR count). The topological polar surface area (TPSA) is 67.9 Å². The number of nitrogens with one attached hydrogen (secondary N) is 1. The first-order chi connectivity index (χ1) is 13.4. The number of carbonyl (C=O) groups is 2. The smallest absolute Gasteiger partial charge is 0.252 e. The van der Waals surface area contributed by atoms with Gasteiger partial charge in [0.15, 0.2) is 0 Å². The van der Waals surface area contributed by atoms with E-state index in [9.17, 15) is 9.59 Å². The van der Waals surface area contributed by atoms with Crippen molar-refractivity contribution in [1.82, 2.24) is 5.32 Å². The van der Waals surface area contributed by atoms with Gasteiger partial charge < -0.3 is 19.7 Å². The molecule has 28 heavy (non-hydrogen) atoms. The van der Waals surface area contributed by atoms with E-state index in [1.54, 1.807) is 23.1 Å². The van der Waals surface area contributed by atoms with Crippen LogP contribution in [0.3, 0.4) is 0 Å². The van der Waals surface area contributed by atoms with E-state index in [1.165, 1.54) is 14.2 Å². The van der Waals surface area contributed by atoms with Crippen LogP contribution < -0.4 is 19.7 Å². The van der Waals surface area contributed by atoms with Crippen molar-refractivity contribution >= 4 is 17.5 Å². The molecule has 2 aromatic carbocycles. The van der Waals surface area contributed by atoms with E-state index in [0.29, 0.717) is 23.6 Å². The van der Waals surface area contributed by atoms with E-state index in [-0.39, 0.29) is 17.7 Å².